The Hall–Kier alpha value is -2.09. The molecule has 18 heavy (non-hydrogen) atoms. The van der Waals surface area contributed by atoms with Gasteiger partial charge in [0.25, 0.3) is 5.91 Å². The monoisotopic (exact) mass is 253 g/mol. The molecule has 1 aromatic rings. The molecular formula is C10H15N5O3. The van der Waals surface area contributed by atoms with Gasteiger partial charge < -0.3 is 21.1 Å². The first kappa shape index (κ1) is 12.4. The molecule has 0 aliphatic carbocycles. The molecule has 8 heteroatoms. The highest BCUT2D eigenvalue weighted by molar-refractivity contribution is 5.99. The normalized spacial score (nSPS) is 19.8. The van der Waals surface area contributed by atoms with Crippen LogP contribution in [0.4, 0.5) is 5.69 Å². The molecule has 0 saturated carbocycles. The van der Waals surface area contributed by atoms with Crippen molar-refractivity contribution in [1.82, 2.24) is 14.7 Å². The lowest BCUT2D eigenvalue weighted by Crippen LogP contribution is -2.54. The number of morpholine rings is 1. The number of anilines is 1. The van der Waals surface area contributed by atoms with Crippen molar-refractivity contribution in [1.29, 1.82) is 0 Å². The summed E-state index contributed by atoms with van der Waals surface area (Å²) in [4.78, 5) is 24.9. The van der Waals surface area contributed by atoms with Gasteiger partial charge in [0.2, 0.25) is 5.91 Å². The zero-order valence-electron chi connectivity index (χ0n) is 10.00. The molecule has 0 aromatic carbocycles. The number of hydrogen-bond donors (Lipinski definition) is 2. The lowest BCUT2D eigenvalue weighted by molar-refractivity contribution is -0.127. The van der Waals surface area contributed by atoms with Crippen molar-refractivity contribution in [2.45, 2.75) is 6.04 Å². The topological polar surface area (TPSA) is 116 Å². The van der Waals surface area contributed by atoms with Gasteiger partial charge in [0, 0.05) is 19.8 Å². The fraction of sp³-hybridized carbons (Fsp3) is 0.500. The molecule has 2 heterocycles. The van der Waals surface area contributed by atoms with Crippen LogP contribution in [0.5, 0.6) is 0 Å². The lowest BCUT2D eigenvalue weighted by atomic mass is 10.2. The summed E-state index contributed by atoms with van der Waals surface area (Å²) < 4.78 is 6.59. The molecule has 0 bridgehead atoms. The average Bonchev–Trinajstić information content (AvgIpc) is 2.67. The molecule has 1 aliphatic heterocycles. The van der Waals surface area contributed by atoms with E-state index < -0.39 is 17.9 Å². The third kappa shape index (κ3) is 2.14. The minimum atomic E-state index is -0.771. The van der Waals surface area contributed by atoms with Gasteiger partial charge in [-0.2, -0.15) is 5.10 Å². The van der Waals surface area contributed by atoms with Gasteiger partial charge >= 0.3 is 0 Å². The first-order valence-corrected chi connectivity index (χ1v) is 5.48. The molecule has 1 aromatic heterocycles. The summed E-state index contributed by atoms with van der Waals surface area (Å²) in [5, 5.41) is 3.99. The summed E-state index contributed by atoms with van der Waals surface area (Å²) in [6.45, 7) is 0.762. The van der Waals surface area contributed by atoms with Gasteiger partial charge in [-0.25, -0.2) is 0 Å². The number of amides is 2. The molecule has 1 aliphatic rings. The number of primary amides is 1. The fourth-order valence-corrected chi connectivity index (χ4v) is 1.89. The number of carbonyl (C=O) groups is 2. The number of nitrogens with zero attached hydrogens (tertiary/aromatic N) is 3. The summed E-state index contributed by atoms with van der Waals surface area (Å²) in [5.41, 5.74) is 11.3. The number of nitrogen functional groups attached to an aromatic ring is 1. The fourth-order valence-electron chi connectivity index (χ4n) is 1.89. The van der Waals surface area contributed by atoms with E-state index in [4.69, 9.17) is 16.2 Å². The number of aryl methyl sites for hydroxylation is 1. The van der Waals surface area contributed by atoms with Crippen molar-refractivity contribution < 1.29 is 14.3 Å². The van der Waals surface area contributed by atoms with E-state index in [1.54, 1.807) is 7.05 Å². The third-order valence-electron chi connectivity index (χ3n) is 2.78. The number of hydrogen-bond acceptors (Lipinski definition) is 5. The first-order chi connectivity index (χ1) is 8.50. The van der Waals surface area contributed by atoms with Crippen molar-refractivity contribution in [3.05, 3.63) is 11.9 Å². The highest BCUT2D eigenvalue weighted by atomic mass is 16.5. The summed E-state index contributed by atoms with van der Waals surface area (Å²) in [6, 6.07) is -0.771. The second kappa shape index (κ2) is 4.65. The lowest BCUT2D eigenvalue weighted by Gasteiger charge is -2.33. The van der Waals surface area contributed by atoms with E-state index in [0.29, 0.717) is 13.2 Å². The largest absolute Gasteiger partial charge is 0.396 e. The molecular weight excluding hydrogens is 238 g/mol. The summed E-state index contributed by atoms with van der Waals surface area (Å²) in [6.07, 6.45) is 1.53. The Balaban J connectivity index is 2.26. The van der Waals surface area contributed by atoms with Crippen LogP contribution in [-0.4, -0.2) is 52.3 Å². The Morgan fingerprint density at radius 2 is 2.28 bits per heavy atom. The average molecular weight is 253 g/mol. The van der Waals surface area contributed by atoms with E-state index in [2.05, 4.69) is 5.10 Å². The van der Waals surface area contributed by atoms with E-state index >= 15 is 0 Å². The van der Waals surface area contributed by atoms with E-state index in [-0.39, 0.29) is 18.0 Å². The smallest absolute Gasteiger partial charge is 0.277 e. The van der Waals surface area contributed by atoms with Gasteiger partial charge in [0.1, 0.15) is 6.04 Å². The molecule has 4 N–H and O–H groups in total. The Morgan fingerprint density at radius 1 is 1.56 bits per heavy atom. The van der Waals surface area contributed by atoms with Crippen LogP contribution in [0, 0.1) is 0 Å². The molecule has 1 fully saturated rings. The Labute approximate surface area is 103 Å². The van der Waals surface area contributed by atoms with Crippen molar-refractivity contribution in [3.63, 3.8) is 0 Å². The van der Waals surface area contributed by atoms with E-state index in [9.17, 15) is 9.59 Å². The van der Waals surface area contributed by atoms with Crippen molar-refractivity contribution in [2.75, 3.05) is 25.5 Å². The second-order valence-electron chi connectivity index (χ2n) is 4.10. The number of ether oxygens (including phenoxy) is 1. The van der Waals surface area contributed by atoms with Crippen LogP contribution in [0.3, 0.4) is 0 Å². The van der Waals surface area contributed by atoms with Gasteiger partial charge in [-0.1, -0.05) is 0 Å². The minimum Gasteiger partial charge on any atom is -0.396 e. The molecule has 2 amide bonds. The zero-order chi connectivity index (χ0) is 13.3. The molecule has 2 rings (SSSR count). The Morgan fingerprint density at radius 3 is 2.83 bits per heavy atom. The summed E-state index contributed by atoms with van der Waals surface area (Å²) in [5.74, 6) is -1.00. The molecule has 98 valence electrons. The zero-order valence-corrected chi connectivity index (χ0v) is 10.00. The maximum Gasteiger partial charge on any atom is 0.277 e. The van der Waals surface area contributed by atoms with Crippen LogP contribution < -0.4 is 11.5 Å². The quantitative estimate of drug-likeness (QED) is 0.653. The van der Waals surface area contributed by atoms with E-state index in [1.165, 1.54) is 15.8 Å². The predicted molar refractivity (Wildman–Crippen MR) is 62.5 cm³/mol. The molecule has 0 radical (unpaired) electrons. The second-order valence-corrected chi connectivity index (χ2v) is 4.10. The Bertz CT molecular complexity index is 484. The SMILES string of the molecule is Cn1cc(N)c(C(=O)N2CCOCC2C(N)=O)n1. The number of carbonyl (C=O) groups excluding carboxylic acids is 2. The third-order valence-corrected chi connectivity index (χ3v) is 2.78. The van der Waals surface area contributed by atoms with E-state index in [0.717, 1.165) is 0 Å². The molecule has 8 nitrogen and oxygen atoms in total. The van der Waals surface area contributed by atoms with Crippen LogP contribution in [0.2, 0.25) is 0 Å². The van der Waals surface area contributed by atoms with Crippen molar-refractivity contribution in [2.24, 2.45) is 12.8 Å². The highest BCUT2D eigenvalue weighted by Gasteiger charge is 2.33. The Kier molecular flexibility index (Phi) is 3.19. The van der Waals surface area contributed by atoms with Crippen LogP contribution in [0.25, 0.3) is 0 Å². The molecule has 1 atom stereocenters. The minimum absolute atomic E-state index is 0.105. The maximum absolute atomic E-state index is 12.3. The van der Waals surface area contributed by atoms with Gasteiger partial charge in [0.05, 0.1) is 18.9 Å². The molecule has 0 spiro atoms. The first-order valence-electron chi connectivity index (χ1n) is 5.48. The van der Waals surface area contributed by atoms with Gasteiger partial charge in [-0.05, 0) is 0 Å². The maximum atomic E-state index is 12.3. The standard InChI is InChI=1S/C10H15N5O3/c1-14-4-6(11)8(13-14)10(17)15-2-3-18-5-7(15)9(12)16/h4,7H,2-3,5,11H2,1H3,(H2,12,16). The van der Waals surface area contributed by atoms with Crippen LogP contribution in [0.15, 0.2) is 6.20 Å². The van der Waals surface area contributed by atoms with Crippen LogP contribution in [-0.2, 0) is 16.6 Å². The van der Waals surface area contributed by atoms with Gasteiger partial charge in [-0.3, -0.25) is 14.3 Å². The van der Waals surface area contributed by atoms with Crippen LogP contribution >= 0.6 is 0 Å². The molecule has 1 saturated heterocycles. The number of aromatic nitrogens is 2. The van der Waals surface area contributed by atoms with Crippen molar-refractivity contribution in [3.8, 4) is 0 Å². The highest BCUT2D eigenvalue weighted by Crippen LogP contribution is 2.15. The van der Waals surface area contributed by atoms with Gasteiger partial charge in [0.15, 0.2) is 5.69 Å². The summed E-state index contributed by atoms with van der Waals surface area (Å²) in [7, 11) is 1.66. The van der Waals surface area contributed by atoms with Crippen molar-refractivity contribution >= 4 is 17.5 Å². The van der Waals surface area contributed by atoms with E-state index in [1.807, 2.05) is 0 Å². The van der Waals surface area contributed by atoms with Gasteiger partial charge in [-0.15, -0.1) is 0 Å². The molecule has 1 unspecified atom stereocenters. The van der Waals surface area contributed by atoms with Crippen LogP contribution in [0.1, 0.15) is 10.5 Å². The number of nitrogens with two attached hydrogens (primary N) is 2. The predicted octanol–water partition coefficient (Wildman–Crippen LogP) is -1.67. The summed E-state index contributed by atoms with van der Waals surface area (Å²) >= 11 is 0. The number of rotatable bonds is 2.